The van der Waals surface area contributed by atoms with Crippen molar-refractivity contribution < 1.29 is 32.2 Å². The van der Waals surface area contributed by atoms with Crippen molar-refractivity contribution in [1.29, 1.82) is 0 Å². The van der Waals surface area contributed by atoms with Crippen molar-refractivity contribution in [2.45, 2.75) is 25.1 Å². The minimum Gasteiger partial charge on any atom is -0.454 e. The van der Waals surface area contributed by atoms with Gasteiger partial charge in [0, 0.05) is 31.8 Å². The Morgan fingerprint density at radius 3 is 2.61 bits per heavy atom. The summed E-state index contributed by atoms with van der Waals surface area (Å²) in [6.45, 7) is 1.22. The molecule has 174 valence electrons. The van der Waals surface area contributed by atoms with Crippen molar-refractivity contribution in [3.8, 4) is 22.9 Å². The van der Waals surface area contributed by atoms with E-state index in [2.05, 4.69) is 4.98 Å². The zero-order valence-corrected chi connectivity index (χ0v) is 17.9. The van der Waals surface area contributed by atoms with Gasteiger partial charge in [-0.2, -0.15) is 13.2 Å². The Labute approximate surface area is 187 Å². The van der Waals surface area contributed by atoms with Gasteiger partial charge in [-0.05, 0) is 49.2 Å². The third-order valence-corrected chi connectivity index (χ3v) is 6.10. The number of hydrogen-bond donors (Lipinski definition) is 0. The molecule has 0 unspecified atom stereocenters. The maximum atomic E-state index is 13.3. The predicted molar refractivity (Wildman–Crippen MR) is 113 cm³/mol. The molecule has 33 heavy (non-hydrogen) atoms. The number of piperidine rings is 1. The zero-order chi connectivity index (χ0) is 23.2. The molecule has 3 aromatic rings. The number of carbonyl (C=O) groups excluding carboxylic acids is 1. The van der Waals surface area contributed by atoms with Gasteiger partial charge in [0.15, 0.2) is 11.5 Å². The lowest BCUT2D eigenvalue weighted by atomic mass is 10.0. The van der Waals surface area contributed by atoms with Crippen molar-refractivity contribution >= 4 is 16.9 Å². The highest BCUT2D eigenvalue weighted by atomic mass is 19.4. The molecular weight excluding hydrogens is 439 g/mol. The SMILES string of the molecule is COCC(=O)N1CCC(n2c(-c3ccc4c(c3)OCO4)nc3cc(C(F)(F)F)ccc32)CC1. The topological polar surface area (TPSA) is 65.8 Å². The van der Waals surface area contributed by atoms with Crippen LogP contribution in [0.1, 0.15) is 24.4 Å². The number of aromatic nitrogens is 2. The van der Waals surface area contributed by atoms with Crippen LogP contribution in [0.5, 0.6) is 11.5 Å². The summed E-state index contributed by atoms with van der Waals surface area (Å²) < 4.78 is 57.8. The standard InChI is InChI=1S/C23H22F3N3O4/c1-31-12-21(30)28-8-6-16(7-9-28)29-18-4-3-15(23(24,25)26)11-17(18)27-22(29)14-2-5-19-20(10-14)33-13-32-19/h2-5,10-11,16H,6-9,12-13H2,1H3. The van der Waals surface area contributed by atoms with Crippen LogP contribution in [-0.4, -0.2) is 54.0 Å². The van der Waals surface area contributed by atoms with E-state index in [4.69, 9.17) is 14.2 Å². The first-order valence-electron chi connectivity index (χ1n) is 10.6. The molecule has 1 saturated heterocycles. The first kappa shape index (κ1) is 21.6. The quantitative estimate of drug-likeness (QED) is 0.581. The van der Waals surface area contributed by atoms with E-state index in [0.717, 1.165) is 17.7 Å². The summed E-state index contributed by atoms with van der Waals surface area (Å²) in [5.41, 5.74) is 0.881. The molecule has 0 radical (unpaired) electrons. The molecule has 0 N–H and O–H groups in total. The van der Waals surface area contributed by atoms with Gasteiger partial charge in [-0.3, -0.25) is 4.79 Å². The number of benzene rings is 2. The van der Waals surface area contributed by atoms with Gasteiger partial charge in [0.2, 0.25) is 12.7 Å². The van der Waals surface area contributed by atoms with Crippen LogP contribution in [0.4, 0.5) is 13.2 Å². The molecular formula is C23H22F3N3O4. The number of ether oxygens (including phenoxy) is 3. The lowest BCUT2D eigenvalue weighted by Crippen LogP contribution is -2.40. The Hall–Kier alpha value is -3.27. The molecule has 0 saturated carbocycles. The fraction of sp³-hybridized carbons (Fsp3) is 0.391. The molecule has 1 amide bonds. The molecule has 0 bridgehead atoms. The average molecular weight is 461 g/mol. The molecule has 0 atom stereocenters. The first-order chi connectivity index (χ1) is 15.8. The molecule has 3 heterocycles. The smallest absolute Gasteiger partial charge is 0.416 e. The van der Waals surface area contributed by atoms with Gasteiger partial charge in [-0.25, -0.2) is 4.98 Å². The van der Waals surface area contributed by atoms with Crippen molar-refractivity contribution in [3.05, 3.63) is 42.0 Å². The van der Waals surface area contributed by atoms with Crippen LogP contribution in [0, 0.1) is 0 Å². The normalized spacial score (nSPS) is 16.5. The highest BCUT2D eigenvalue weighted by molar-refractivity contribution is 5.82. The molecule has 0 aliphatic carbocycles. The molecule has 2 aliphatic heterocycles. The number of imidazole rings is 1. The average Bonchev–Trinajstić information content (AvgIpc) is 3.42. The summed E-state index contributed by atoms with van der Waals surface area (Å²) in [6, 6.07) is 9.01. The van der Waals surface area contributed by atoms with E-state index >= 15 is 0 Å². The van der Waals surface area contributed by atoms with Gasteiger partial charge in [0.05, 0.1) is 16.6 Å². The van der Waals surface area contributed by atoms with Gasteiger partial charge >= 0.3 is 6.18 Å². The van der Waals surface area contributed by atoms with Crippen LogP contribution in [0.2, 0.25) is 0 Å². The number of rotatable bonds is 4. The summed E-state index contributed by atoms with van der Waals surface area (Å²) in [7, 11) is 1.48. The number of halogens is 3. The van der Waals surface area contributed by atoms with Crippen molar-refractivity contribution in [2.75, 3.05) is 33.6 Å². The number of carbonyl (C=O) groups is 1. The van der Waals surface area contributed by atoms with E-state index in [1.807, 2.05) is 10.6 Å². The van der Waals surface area contributed by atoms with Gasteiger partial charge in [0.1, 0.15) is 12.4 Å². The largest absolute Gasteiger partial charge is 0.454 e. The van der Waals surface area contributed by atoms with Crippen LogP contribution < -0.4 is 9.47 Å². The maximum absolute atomic E-state index is 13.3. The van der Waals surface area contributed by atoms with Gasteiger partial charge < -0.3 is 23.7 Å². The number of methoxy groups -OCH3 is 1. The van der Waals surface area contributed by atoms with Crippen molar-refractivity contribution in [2.24, 2.45) is 0 Å². The van der Waals surface area contributed by atoms with E-state index in [-0.39, 0.29) is 30.9 Å². The van der Waals surface area contributed by atoms with E-state index in [1.54, 1.807) is 17.0 Å². The highest BCUT2D eigenvalue weighted by Crippen LogP contribution is 2.40. The Balaban J connectivity index is 1.56. The van der Waals surface area contributed by atoms with E-state index < -0.39 is 11.7 Å². The summed E-state index contributed by atoms with van der Waals surface area (Å²) >= 11 is 0. The van der Waals surface area contributed by atoms with E-state index in [1.165, 1.54) is 13.2 Å². The van der Waals surface area contributed by atoms with Crippen molar-refractivity contribution in [3.63, 3.8) is 0 Å². The molecule has 1 fully saturated rings. The van der Waals surface area contributed by atoms with E-state index in [9.17, 15) is 18.0 Å². The first-order valence-corrected chi connectivity index (χ1v) is 10.6. The lowest BCUT2D eigenvalue weighted by Gasteiger charge is -2.33. The van der Waals surface area contributed by atoms with Crippen LogP contribution >= 0.6 is 0 Å². The predicted octanol–water partition coefficient (Wildman–Crippen LogP) is 4.26. The maximum Gasteiger partial charge on any atom is 0.416 e. The third-order valence-electron chi connectivity index (χ3n) is 6.10. The minimum absolute atomic E-state index is 0.0289. The second-order valence-corrected chi connectivity index (χ2v) is 8.12. The Bertz CT molecular complexity index is 1200. The molecule has 7 nitrogen and oxygen atoms in total. The number of fused-ring (bicyclic) bond motifs is 2. The van der Waals surface area contributed by atoms with Crippen LogP contribution in [0.25, 0.3) is 22.4 Å². The minimum atomic E-state index is -4.45. The second-order valence-electron chi connectivity index (χ2n) is 8.12. The van der Waals surface area contributed by atoms with Gasteiger partial charge in [0.25, 0.3) is 0 Å². The van der Waals surface area contributed by atoms with Crippen LogP contribution in [0.15, 0.2) is 36.4 Å². The number of nitrogens with zero attached hydrogens (tertiary/aromatic N) is 3. The molecule has 10 heteroatoms. The summed E-state index contributed by atoms with van der Waals surface area (Å²) in [5.74, 6) is 1.68. The summed E-state index contributed by atoms with van der Waals surface area (Å²) in [6.07, 6.45) is -3.15. The number of alkyl halides is 3. The molecule has 0 spiro atoms. The van der Waals surface area contributed by atoms with Gasteiger partial charge in [-0.15, -0.1) is 0 Å². The summed E-state index contributed by atoms with van der Waals surface area (Å²) in [4.78, 5) is 18.5. The summed E-state index contributed by atoms with van der Waals surface area (Å²) in [5, 5.41) is 0. The Kier molecular flexibility index (Phi) is 5.40. The molecule has 2 aliphatic rings. The number of hydrogen-bond acceptors (Lipinski definition) is 5. The Morgan fingerprint density at radius 1 is 1.12 bits per heavy atom. The highest BCUT2D eigenvalue weighted by Gasteiger charge is 2.32. The fourth-order valence-electron chi connectivity index (χ4n) is 4.47. The van der Waals surface area contributed by atoms with Crippen LogP contribution in [0.3, 0.4) is 0 Å². The number of likely N-dealkylation sites (tertiary alicyclic amines) is 1. The monoisotopic (exact) mass is 461 g/mol. The zero-order valence-electron chi connectivity index (χ0n) is 17.9. The molecule has 2 aromatic carbocycles. The Morgan fingerprint density at radius 2 is 1.88 bits per heavy atom. The van der Waals surface area contributed by atoms with Gasteiger partial charge in [-0.1, -0.05) is 0 Å². The van der Waals surface area contributed by atoms with Crippen LogP contribution in [-0.2, 0) is 15.7 Å². The fourth-order valence-corrected chi connectivity index (χ4v) is 4.47. The third kappa shape index (κ3) is 3.99. The van der Waals surface area contributed by atoms with Crippen molar-refractivity contribution in [1.82, 2.24) is 14.5 Å². The lowest BCUT2D eigenvalue weighted by molar-refractivity contribution is -0.137. The molecule has 1 aromatic heterocycles. The van der Waals surface area contributed by atoms with E-state index in [0.29, 0.717) is 48.8 Å². The second kappa shape index (κ2) is 8.26. The molecule has 5 rings (SSSR count). The number of amides is 1.